The number of hydrogen-bond acceptors (Lipinski definition) is 2. The normalized spacial score (nSPS) is 10.5. The van der Waals surface area contributed by atoms with Crippen LogP contribution in [0.1, 0.15) is 12.5 Å². The molecule has 1 rings (SSSR count). The van der Waals surface area contributed by atoms with Gasteiger partial charge >= 0.3 is 0 Å². The smallest absolute Gasteiger partial charge is 0.118 e. The molecule has 0 amide bonds. The molecule has 0 spiro atoms. The van der Waals surface area contributed by atoms with Crippen LogP contribution < -0.4 is 4.74 Å². The molecule has 0 fully saturated rings. The topological polar surface area (TPSA) is 12.5 Å². The van der Waals surface area contributed by atoms with Crippen molar-refractivity contribution >= 4 is 0 Å². The molecule has 0 heterocycles. The van der Waals surface area contributed by atoms with Crippen LogP contribution in [0.25, 0.3) is 0 Å². The van der Waals surface area contributed by atoms with Crippen molar-refractivity contribution in [2.45, 2.75) is 13.5 Å². The van der Waals surface area contributed by atoms with Crippen LogP contribution in [0, 0.1) is 0 Å². The van der Waals surface area contributed by atoms with E-state index in [1.807, 2.05) is 12.1 Å². The molecule has 1 aromatic carbocycles. The number of hydrogen-bond donors (Lipinski definition) is 0. The number of rotatable bonds is 4. The van der Waals surface area contributed by atoms with Gasteiger partial charge in [-0.05, 0) is 31.3 Å². The number of nitrogens with zero attached hydrogens (tertiary/aromatic N) is 1. The Hall–Kier alpha value is -1.02. The van der Waals surface area contributed by atoms with E-state index < -0.39 is 0 Å². The maximum absolute atomic E-state index is 5.09. The van der Waals surface area contributed by atoms with Gasteiger partial charge in [-0.2, -0.15) is 0 Å². The first-order valence-corrected chi connectivity index (χ1v) is 4.57. The molecule has 0 aromatic heterocycles. The maximum atomic E-state index is 5.09. The minimum absolute atomic E-state index is 0.919. The molecular formula is C11H17NO. The highest BCUT2D eigenvalue weighted by atomic mass is 16.5. The molecule has 0 unspecified atom stereocenters. The van der Waals surface area contributed by atoms with E-state index in [0.29, 0.717) is 0 Å². The van der Waals surface area contributed by atoms with Gasteiger partial charge in [0.25, 0.3) is 0 Å². The van der Waals surface area contributed by atoms with Gasteiger partial charge in [0.1, 0.15) is 5.75 Å². The van der Waals surface area contributed by atoms with Crippen LogP contribution in [-0.4, -0.2) is 25.6 Å². The summed E-state index contributed by atoms with van der Waals surface area (Å²) >= 11 is 0. The second kappa shape index (κ2) is 4.87. The monoisotopic (exact) mass is 179 g/mol. The first-order valence-electron chi connectivity index (χ1n) is 4.57. The Morgan fingerprint density at radius 1 is 1.23 bits per heavy atom. The molecule has 13 heavy (non-hydrogen) atoms. The van der Waals surface area contributed by atoms with Crippen molar-refractivity contribution in [3.05, 3.63) is 29.8 Å². The Balaban J connectivity index is 2.58. The fourth-order valence-electron chi connectivity index (χ4n) is 1.15. The summed E-state index contributed by atoms with van der Waals surface area (Å²) in [5.74, 6) is 0.919. The molecule has 72 valence electrons. The largest absolute Gasteiger partial charge is 0.497 e. The van der Waals surface area contributed by atoms with Crippen LogP contribution in [0.15, 0.2) is 24.3 Å². The summed E-state index contributed by atoms with van der Waals surface area (Å²) in [5.41, 5.74) is 1.32. The third-order valence-electron chi connectivity index (χ3n) is 2.15. The van der Waals surface area contributed by atoms with E-state index in [1.165, 1.54) is 5.56 Å². The third kappa shape index (κ3) is 3.07. The predicted molar refractivity (Wildman–Crippen MR) is 55.0 cm³/mol. The van der Waals surface area contributed by atoms with Gasteiger partial charge in [-0.25, -0.2) is 0 Å². The average Bonchev–Trinajstić information content (AvgIpc) is 2.19. The highest BCUT2D eigenvalue weighted by molar-refractivity contribution is 5.26. The van der Waals surface area contributed by atoms with E-state index in [-0.39, 0.29) is 0 Å². The van der Waals surface area contributed by atoms with Gasteiger partial charge in [-0.15, -0.1) is 0 Å². The first-order chi connectivity index (χ1) is 6.26. The Kier molecular flexibility index (Phi) is 3.77. The molecular weight excluding hydrogens is 162 g/mol. The second-order valence-corrected chi connectivity index (χ2v) is 3.18. The van der Waals surface area contributed by atoms with E-state index in [1.54, 1.807) is 7.11 Å². The second-order valence-electron chi connectivity index (χ2n) is 3.18. The summed E-state index contributed by atoms with van der Waals surface area (Å²) in [4.78, 5) is 2.27. The molecule has 0 saturated carbocycles. The summed E-state index contributed by atoms with van der Waals surface area (Å²) in [5, 5.41) is 0. The third-order valence-corrected chi connectivity index (χ3v) is 2.15. The molecule has 1 aromatic rings. The van der Waals surface area contributed by atoms with Gasteiger partial charge in [0.15, 0.2) is 0 Å². The number of benzene rings is 1. The zero-order valence-corrected chi connectivity index (χ0v) is 8.58. The minimum Gasteiger partial charge on any atom is -0.497 e. The number of ether oxygens (including phenoxy) is 1. The Morgan fingerprint density at radius 3 is 2.31 bits per heavy atom. The Bertz CT molecular complexity index is 243. The molecule has 2 nitrogen and oxygen atoms in total. The highest BCUT2D eigenvalue weighted by Gasteiger charge is 1.97. The molecule has 0 bridgehead atoms. The maximum Gasteiger partial charge on any atom is 0.118 e. The van der Waals surface area contributed by atoms with Crippen LogP contribution in [0.2, 0.25) is 0 Å². The summed E-state index contributed by atoms with van der Waals surface area (Å²) in [6.07, 6.45) is 0. The van der Waals surface area contributed by atoms with Crippen LogP contribution in [-0.2, 0) is 6.54 Å². The standard InChI is InChI=1S/C11H17NO/c1-4-12(2)9-10-5-7-11(13-3)8-6-10/h5-8H,4,9H2,1-3H3. The lowest BCUT2D eigenvalue weighted by Crippen LogP contribution is -2.16. The van der Waals surface area contributed by atoms with Crippen molar-refractivity contribution in [3.63, 3.8) is 0 Å². The van der Waals surface area contributed by atoms with Crippen molar-refractivity contribution in [3.8, 4) is 5.75 Å². The van der Waals surface area contributed by atoms with Gasteiger partial charge in [0, 0.05) is 6.54 Å². The van der Waals surface area contributed by atoms with Gasteiger partial charge in [0.05, 0.1) is 7.11 Å². The summed E-state index contributed by atoms with van der Waals surface area (Å²) in [6.45, 7) is 4.23. The van der Waals surface area contributed by atoms with Crippen LogP contribution >= 0.6 is 0 Å². The van der Waals surface area contributed by atoms with E-state index in [9.17, 15) is 0 Å². The quantitative estimate of drug-likeness (QED) is 0.702. The van der Waals surface area contributed by atoms with Gasteiger partial charge in [0.2, 0.25) is 0 Å². The fraction of sp³-hybridized carbons (Fsp3) is 0.455. The van der Waals surface area contributed by atoms with Crippen LogP contribution in [0.5, 0.6) is 5.75 Å². The molecule has 0 aliphatic rings. The van der Waals surface area contributed by atoms with Crippen molar-refractivity contribution < 1.29 is 4.74 Å². The van der Waals surface area contributed by atoms with Crippen LogP contribution in [0.4, 0.5) is 0 Å². The van der Waals surface area contributed by atoms with E-state index in [2.05, 4.69) is 31.0 Å². The lowest BCUT2D eigenvalue weighted by Gasteiger charge is -2.13. The lowest BCUT2D eigenvalue weighted by atomic mass is 10.2. The van der Waals surface area contributed by atoms with Gasteiger partial charge in [-0.1, -0.05) is 19.1 Å². The van der Waals surface area contributed by atoms with Gasteiger partial charge in [-0.3, -0.25) is 0 Å². The minimum atomic E-state index is 0.919. The first kappa shape index (κ1) is 10.1. The molecule has 0 N–H and O–H groups in total. The molecule has 2 heteroatoms. The van der Waals surface area contributed by atoms with Crippen molar-refractivity contribution in [2.24, 2.45) is 0 Å². The van der Waals surface area contributed by atoms with Crippen LogP contribution in [0.3, 0.4) is 0 Å². The zero-order chi connectivity index (χ0) is 9.68. The van der Waals surface area contributed by atoms with Crippen molar-refractivity contribution in [1.29, 1.82) is 0 Å². The highest BCUT2D eigenvalue weighted by Crippen LogP contribution is 2.12. The fourth-order valence-corrected chi connectivity index (χ4v) is 1.15. The summed E-state index contributed by atoms with van der Waals surface area (Å²) < 4.78 is 5.09. The molecule has 0 saturated heterocycles. The Morgan fingerprint density at radius 2 is 1.85 bits per heavy atom. The van der Waals surface area contributed by atoms with Crippen molar-refractivity contribution in [1.82, 2.24) is 4.90 Å². The Labute approximate surface area is 80.1 Å². The molecule has 0 aliphatic carbocycles. The van der Waals surface area contributed by atoms with E-state index >= 15 is 0 Å². The summed E-state index contributed by atoms with van der Waals surface area (Å²) in [7, 11) is 3.80. The van der Waals surface area contributed by atoms with E-state index in [0.717, 1.165) is 18.8 Å². The number of methoxy groups -OCH3 is 1. The zero-order valence-electron chi connectivity index (χ0n) is 8.58. The average molecular weight is 179 g/mol. The van der Waals surface area contributed by atoms with Gasteiger partial charge < -0.3 is 9.64 Å². The lowest BCUT2D eigenvalue weighted by molar-refractivity contribution is 0.345. The SMILES string of the molecule is CCN(C)Cc1ccc(OC)cc1. The van der Waals surface area contributed by atoms with E-state index in [4.69, 9.17) is 4.74 Å². The predicted octanol–water partition coefficient (Wildman–Crippen LogP) is 2.15. The molecule has 0 atom stereocenters. The molecule has 0 aliphatic heterocycles. The summed E-state index contributed by atoms with van der Waals surface area (Å²) in [6, 6.07) is 8.20. The molecule has 0 radical (unpaired) electrons. The van der Waals surface area contributed by atoms with Crippen molar-refractivity contribution in [2.75, 3.05) is 20.7 Å².